The monoisotopic (exact) mass is 359 g/mol. The molecule has 0 aliphatic carbocycles. The fraction of sp³-hybridized carbons (Fsp3) is 0.909. The molecule has 1 amide bonds. The average molecular weight is 359 g/mol. The minimum atomic E-state index is -3.93. The van der Waals surface area contributed by atoms with Crippen molar-refractivity contribution in [3.05, 3.63) is 0 Å². The van der Waals surface area contributed by atoms with E-state index in [4.69, 9.17) is 13.1 Å². The maximum Gasteiger partial charge on any atom is 0.412 e. The summed E-state index contributed by atoms with van der Waals surface area (Å²) < 4.78 is 59.9. The molecule has 1 unspecified atom stereocenters. The Morgan fingerprint density at radius 1 is 1.05 bits per heavy atom. The first-order valence-electron chi connectivity index (χ1n) is 6.44. The van der Waals surface area contributed by atoms with Crippen LogP contribution in [0.2, 0.25) is 0 Å². The Morgan fingerprint density at radius 2 is 1.55 bits per heavy atom. The van der Waals surface area contributed by atoms with Crippen molar-refractivity contribution in [2.24, 2.45) is 0 Å². The van der Waals surface area contributed by atoms with Crippen molar-refractivity contribution >= 4 is 26.3 Å². The van der Waals surface area contributed by atoms with Crippen LogP contribution >= 0.6 is 0 Å². The molecule has 0 N–H and O–H groups in total. The van der Waals surface area contributed by atoms with Crippen LogP contribution in [0.1, 0.15) is 27.2 Å². The van der Waals surface area contributed by atoms with Gasteiger partial charge in [0.25, 0.3) is 20.2 Å². The summed E-state index contributed by atoms with van der Waals surface area (Å²) in [4.78, 5) is 13.1. The molecule has 0 aromatic rings. The molecule has 0 spiro atoms. The first kappa shape index (κ1) is 19.1. The Kier molecular flexibility index (Phi) is 5.48. The molecule has 1 fully saturated rings. The van der Waals surface area contributed by atoms with E-state index in [0.29, 0.717) is 0 Å². The number of carbonyl (C=O) groups is 1. The molecular weight excluding hydrogens is 338 g/mol. The SMILES string of the molecule is CC(C)(C)OC(=O)N1CCC(OS(C)(=O)=O)[C@@H]1OS(C)(=O)=O. The number of rotatable bonds is 4. The lowest BCUT2D eigenvalue weighted by atomic mass is 10.2. The predicted octanol–water partition coefficient (Wildman–Crippen LogP) is 0.274. The zero-order valence-corrected chi connectivity index (χ0v) is 14.7. The van der Waals surface area contributed by atoms with Crippen molar-refractivity contribution in [2.45, 2.75) is 45.1 Å². The molecule has 0 aromatic heterocycles. The van der Waals surface area contributed by atoms with Gasteiger partial charge in [0.05, 0.1) is 12.5 Å². The summed E-state index contributed by atoms with van der Waals surface area (Å²) in [6.07, 6.45) is -1.57. The maximum absolute atomic E-state index is 12.1. The van der Waals surface area contributed by atoms with Crippen LogP contribution in [0.4, 0.5) is 4.79 Å². The van der Waals surface area contributed by atoms with E-state index in [0.717, 1.165) is 17.4 Å². The van der Waals surface area contributed by atoms with Crippen LogP contribution in [0, 0.1) is 0 Å². The van der Waals surface area contributed by atoms with Gasteiger partial charge in [0, 0.05) is 6.54 Å². The third-order valence-corrected chi connectivity index (χ3v) is 3.62. The second-order valence-corrected chi connectivity index (χ2v) is 9.19. The molecular formula is C11H21NO8S2. The number of nitrogens with zero attached hydrogens (tertiary/aromatic N) is 1. The highest BCUT2D eigenvalue weighted by molar-refractivity contribution is 7.86. The van der Waals surface area contributed by atoms with Crippen molar-refractivity contribution in [1.29, 1.82) is 0 Å². The summed E-state index contributed by atoms with van der Waals surface area (Å²) in [5.74, 6) is 0. The molecule has 11 heteroatoms. The molecule has 1 aliphatic heterocycles. The molecule has 0 saturated carbocycles. The van der Waals surface area contributed by atoms with Gasteiger partial charge in [-0.15, -0.1) is 0 Å². The van der Waals surface area contributed by atoms with Gasteiger partial charge in [0.15, 0.2) is 6.23 Å². The van der Waals surface area contributed by atoms with Gasteiger partial charge in [0.1, 0.15) is 11.7 Å². The van der Waals surface area contributed by atoms with E-state index in [9.17, 15) is 21.6 Å². The molecule has 0 aromatic carbocycles. The summed E-state index contributed by atoms with van der Waals surface area (Å²) in [5, 5.41) is 0. The number of hydrogen-bond acceptors (Lipinski definition) is 8. The van der Waals surface area contributed by atoms with Crippen molar-refractivity contribution in [1.82, 2.24) is 4.90 Å². The third kappa shape index (κ3) is 6.46. The van der Waals surface area contributed by atoms with E-state index in [2.05, 4.69) is 0 Å². The molecule has 22 heavy (non-hydrogen) atoms. The van der Waals surface area contributed by atoms with Crippen molar-refractivity contribution in [3.63, 3.8) is 0 Å². The van der Waals surface area contributed by atoms with Crippen molar-refractivity contribution in [2.75, 3.05) is 19.1 Å². The van der Waals surface area contributed by atoms with Gasteiger partial charge in [0.2, 0.25) is 0 Å². The van der Waals surface area contributed by atoms with E-state index < -0.39 is 44.3 Å². The molecule has 2 atom stereocenters. The van der Waals surface area contributed by atoms with E-state index in [-0.39, 0.29) is 13.0 Å². The van der Waals surface area contributed by atoms with Crippen LogP contribution in [-0.4, -0.2) is 64.8 Å². The molecule has 1 saturated heterocycles. The van der Waals surface area contributed by atoms with Gasteiger partial charge in [-0.2, -0.15) is 16.8 Å². The Bertz CT molecular complexity index is 619. The van der Waals surface area contributed by atoms with Gasteiger partial charge in [-0.1, -0.05) is 0 Å². The second-order valence-electron chi connectivity index (χ2n) is 5.99. The van der Waals surface area contributed by atoms with Crippen molar-refractivity contribution < 1.29 is 34.7 Å². The van der Waals surface area contributed by atoms with Crippen LogP contribution in [0.3, 0.4) is 0 Å². The summed E-state index contributed by atoms with van der Waals surface area (Å²) in [6.45, 7) is 5.00. The van der Waals surface area contributed by atoms with Gasteiger partial charge in [-0.05, 0) is 27.2 Å². The van der Waals surface area contributed by atoms with Gasteiger partial charge < -0.3 is 4.74 Å². The zero-order valence-electron chi connectivity index (χ0n) is 13.1. The van der Waals surface area contributed by atoms with Gasteiger partial charge >= 0.3 is 6.09 Å². The predicted molar refractivity (Wildman–Crippen MR) is 77.0 cm³/mol. The zero-order chi connectivity index (χ0) is 17.3. The first-order valence-corrected chi connectivity index (χ1v) is 10.1. The Hall–Kier alpha value is -0.910. The van der Waals surface area contributed by atoms with E-state index in [1.807, 2.05) is 0 Å². The van der Waals surface area contributed by atoms with E-state index in [1.165, 1.54) is 0 Å². The Balaban J connectivity index is 2.99. The molecule has 0 radical (unpaired) electrons. The number of amides is 1. The Labute approximate surface area is 130 Å². The maximum atomic E-state index is 12.1. The summed E-state index contributed by atoms with van der Waals surface area (Å²) in [5.41, 5.74) is -0.789. The highest BCUT2D eigenvalue weighted by Crippen LogP contribution is 2.26. The highest BCUT2D eigenvalue weighted by atomic mass is 32.2. The normalized spacial score (nSPS) is 23.6. The average Bonchev–Trinajstić information content (AvgIpc) is 2.53. The highest BCUT2D eigenvalue weighted by Gasteiger charge is 2.44. The number of hydrogen-bond donors (Lipinski definition) is 0. The molecule has 130 valence electrons. The molecule has 0 bridgehead atoms. The number of ether oxygens (including phenoxy) is 1. The molecule has 1 aliphatic rings. The minimum Gasteiger partial charge on any atom is -0.444 e. The molecule has 9 nitrogen and oxygen atoms in total. The number of likely N-dealkylation sites (tertiary alicyclic amines) is 1. The van der Waals surface area contributed by atoms with Crippen LogP contribution in [0.5, 0.6) is 0 Å². The smallest absolute Gasteiger partial charge is 0.412 e. The molecule has 1 heterocycles. The summed E-state index contributed by atoms with van der Waals surface area (Å²) in [7, 11) is -7.76. The second kappa shape index (κ2) is 6.30. The van der Waals surface area contributed by atoms with E-state index >= 15 is 0 Å². The topological polar surface area (TPSA) is 116 Å². The lowest BCUT2D eigenvalue weighted by Gasteiger charge is -2.29. The quantitative estimate of drug-likeness (QED) is 0.657. The van der Waals surface area contributed by atoms with Gasteiger partial charge in [-0.3, -0.25) is 9.08 Å². The first-order chi connectivity index (χ1) is 9.68. The van der Waals surface area contributed by atoms with E-state index in [1.54, 1.807) is 20.8 Å². The van der Waals surface area contributed by atoms with Crippen LogP contribution in [-0.2, 0) is 33.3 Å². The summed E-state index contributed by atoms with van der Waals surface area (Å²) in [6, 6.07) is 0. The minimum absolute atomic E-state index is 0.0509. The standard InChI is InChI=1S/C11H21NO8S2/c1-11(2,3)18-10(13)12-7-6-8(19-21(4,14)15)9(12)20-22(5,16)17/h8-9H,6-7H2,1-5H3/t8?,9-/m0/s1. The third-order valence-electron chi connectivity index (χ3n) is 2.48. The lowest BCUT2D eigenvalue weighted by molar-refractivity contribution is -0.0258. The largest absolute Gasteiger partial charge is 0.444 e. The van der Waals surface area contributed by atoms with Crippen LogP contribution in [0.15, 0.2) is 0 Å². The molecule has 1 rings (SSSR count). The fourth-order valence-corrected chi connectivity index (χ4v) is 3.09. The van der Waals surface area contributed by atoms with Gasteiger partial charge in [-0.25, -0.2) is 8.98 Å². The van der Waals surface area contributed by atoms with Crippen molar-refractivity contribution in [3.8, 4) is 0 Å². The Morgan fingerprint density at radius 3 is 1.95 bits per heavy atom. The lowest BCUT2D eigenvalue weighted by Crippen LogP contribution is -2.45. The number of carbonyl (C=O) groups excluding carboxylic acids is 1. The van der Waals surface area contributed by atoms with Crippen LogP contribution in [0.25, 0.3) is 0 Å². The summed E-state index contributed by atoms with van der Waals surface area (Å²) >= 11 is 0. The fourth-order valence-electron chi connectivity index (χ4n) is 1.87. The van der Waals surface area contributed by atoms with Crippen LogP contribution < -0.4 is 0 Å².